The first-order valence-electron chi connectivity index (χ1n) is 8.56. The highest BCUT2D eigenvalue weighted by Crippen LogP contribution is 2.49. The second-order valence-corrected chi connectivity index (χ2v) is 7.51. The van der Waals surface area contributed by atoms with E-state index in [9.17, 15) is 0 Å². The lowest BCUT2D eigenvalue weighted by Gasteiger charge is -2.36. The summed E-state index contributed by atoms with van der Waals surface area (Å²) in [5, 5.41) is 4.50. The predicted molar refractivity (Wildman–Crippen MR) is 101 cm³/mol. The molecule has 1 atom stereocenters. The van der Waals surface area contributed by atoms with E-state index in [1.807, 2.05) is 18.2 Å². The van der Waals surface area contributed by atoms with Gasteiger partial charge in [0.05, 0.1) is 17.3 Å². The topological polar surface area (TPSA) is 55.9 Å². The van der Waals surface area contributed by atoms with Crippen LogP contribution in [0.15, 0.2) is 30.3 Å². The zero-order valence-electron chi connectivity index (χ0n) is 14.6. The molecule has 7 heteroatoms. The van der Waals surface area contributed by atoms with E-state index < -0.39 is 0 Å². The number of methoxy groups -OCH3 is 1. The highest BCUT2D eigenvalue weighted by molar-refractivity contribution is 7.22. The number of para-hydroxylation sites is 1. The zero-order valence-corrected chi connectivity index (χ0v) is 15.4. The highest BCUT2D eigenvalue weighted by atomic mass is 32.1. The van der Waals surface area contributed by atoms with E-state index >= 15 is 0 Å². The number of rotatable bonds is 3. The summed E-state index contributed by atoms with van der Waals surface area (Å²) in [7, 11) is 3.79. The van der Waals surface area contributed by atoms with Crippen molar-refractivity contribution in [3.63, 3.8) is 0 Å². The molecular weight excluding hydrogens is 350 g/mol. The quantitative estimate of drug-likeness (QED) is 0.761. The van der Waals surface area contributed by atoms with Crippen molar-refractivity contribution in [3.8, 4) is 17.2 Å². The monoisotopic (exact) mass is 369 g/mol. The fourth-order valence-corrected chi connectivity index (χ4v) is 4.55. The Bertz CT molecular complexity index is 955. The molecule has 3 aromatic rings. The molecule has 5 rings (SSSR count). The average Bonchev–Trinajstić information content (AvgIpc) is 3.28. The van der Waals surface area contributed by atoms with Gasteiger partial charge in [0.15, 0.2) is 16.6 Å². The van der Waals surface area contributed by atoms with Crippen molar-refractivity contribution in [1.29, 1.82) is 0 Å². The van der Waals surface area contributed by atoms with Crippen molar-refractivity contribution >= 4 is 26.7 Å². The molecule has 134 valence electrons. The minimum absolute atomic E-state index is 0.0382. The minimum atomic E-state index is -0.0382. The van der Waals surface area contributed by atoms with Crippen LogP contribution in [-0.4, -0.2) is 37.4 Å². The summed E-state index contributed by atoms with van der Waals surface area (Å²) in [6.07, 6.45) is 0.903. The second-order valence-electron chi connectivity index (χ2n) is 6.48. The van der Waals surface area contributed by atoms with Gasteiger partial charge in [0.2, 0.25) is 12.5 Å². The van der Waals surface area contributed by atoms with E-state index in [-0.39, 0.29) is 13.0 Å². The van der Waals surface area contributed by atoms with Gasteiger partial charge in [-0.1, -0.05) is 23.5 Å². The van der Waals surface area contributed by atoms with Crippen LogP contribution >= 0.6 is 11.3 Å². The molecule has 2 aromatic carbocycles. The maximum atomic E-state index is 5.74. The molecule has 0 bridgehead atoms. The number of aromatic nitrogens is 1. The normalized spacial score (nSPS) is 18.8. The van der Waals surface area contributed by atoms with Crippen LogP contribution in [0, 0.1) is 0 Å². The number of fused-ring (bicyclic) bond motifs is 3. The number of ether oxygens (including phenoxy) is 3. The molecule has 0 fully saturated rings. The zero-order chi connectivity index (χ0) is 17.7. The van der Waals surface area contributed by atoms with Crippen molar-refractivity contribution in [1.82, 2.24) is 9.88 Å². The van der Waals surface area contributed by atoms with Gasteiger partial charge in [-0.05, 0) is 37.2 Å². The summed E-state index contributed by atoms with van der Waals surface area (Å²) in [5.74, 6) is 2.21. The fraction of sp³-hybridized carbons (Fsp3) is 0.316. The lowest BCUT2D eigenvalue weighted by Crippen LogP contribution is -2.37. The van der Waals surface area contributed by atoms with Gasteiger partial charge in [0.25, 0.3) is 0 Å². The van der Waals surface area contributed by atoms with Crippen LogP contribution in [0.3, 0.4) is 0 Å². The van der Waals surface area contributed by atoms with E-state index in [1.165, 1.54) is 10.3 Å². The van der Waals surface area contributed by atoms with Gasteiger partial charge in [0, 0.05) is 12.1 Å². The van der Waals surface area contributed by atoms with Gasteiger partial charge in [-0.2, -0.15) is 0 Å². The molecule has 1 N–H and O–H groups in total. The van der Waals surface area contributed by atoms with Gasteiger partial charge in [-0.3, -0.25) is 4.90 Å². The molecule has 26 heavy (non-hydrogen) atoms. The van der Waals surface area contributed by atoms with Crippen molar-refractivity contribution in [2.45, 2.75) is 12.6 Å². The first kappa shape index (κ1) is 15.7. The number of hydrogen-bond acceptors (Lipinski definition) is 7. The molecule has 2 aliphatic heterocycles. The third kappa shape index (κ3) is 2.39. The molecule has 1 unspecified atom stereocenters. The summed E-state index contributed by atoms with van der Waals surface area (Å²) in [5.41, 5.74) is 3.34. The SMILES string of the molecule is COc1c2c(cc3c1C(Nc1nc4ccccc4s1)N(C)CC3)OCO2. The van der Waals surface area contributed by atoms with E-state index in [0.717, 1.165) is 40.7 Å². The highest BCUT2D eigenvalue weighted by Gasteiger charge is 2.34. The Morgan fingerprint density at radius 2 is 2.19 bits per heavy atom. The Morgan fingerprint density at radius 3 is 3.04 bits per heavy atom. The smallest absolute Gasteiger partial charge is 0.231 e. The van der Waals surface area contributed by atoms with Gasteiger partial charge in [-0.25, -0.2) is 4.98 Å². The lowest BCUT2D eigenvalue weighted by molar-refractivity contribution is 0.170. The fourth-order valence-electron chi connectivity index (χ4n) is 3.67. The van der Waals surface area contributed by atoms with Crippen LogP contribution in [0.1, 0.15) is 17.3 Å². The molecule has 3 heterocycles. The molecule has 0 aliphatic carbocycles. The molecule has 1 aromatic heterocycles. The van der Waals surface area contributed by atoms with Crippen LogP contribution < -0.4 is 19.5 Å². The number of nitrogens with one attached hydrogen (secondary N) is 1. The van der Waals surface area contributed by atoms with Gasteiger partial charge < -0.3 is 19.5 Å². The van der Waals surface area contributed by atoms with E-state index in [1.54, 1.807) is 18.4 Å². The first-order chi connectivity index (χ1) is 12.7. The molecule has 0 amide bonds. The Morgan fingerprint density at radius 1 is 1.31 bits per heavy atom. The van der Waals surface area contributed by atoms with E-state index in [0.29, 0.717) is 5.75 Å². The Hall–Kier alpha value is -2.51. The minimum Gasteiger partial charge on any atom is -0.492 e. The third-order valence-electron chi connectivity index (χ3n) is 4.95. The van der Waals surface area contributed by atoms with Gasteiger partial charge >= 0.3 is 0 Å². The summed E-state index contributed by atoms with van der Waals surface area (Å²) in [6.45, 7) is 1.18. The number of thiazole rings is 1. The molecule has 6 nitrogen and oxygen atoms in total. The van der Waals surface area contributed by atoms with Crippen molar-refractivity contribution in [3.05, 3.63) is 41.5 Å². The lowest BCUT2D eigenvalue weighted by atomic mass is 9.95. The van der Waals surface area contributed by atoms with E-state index in [4.69, 9.17) is 19.2 Å². The Kier molecular flexibility index (Phi) is 3.65. The summed E-state index contributed by atoms with van der Waals surface area (Å²) < 4.78 is 18.2. The largest absolute Gasteiger partial charge is 0.492 e. The number of benzene rings is 2. The molecule has 0 saturated carbocycles. The number of hydrogen-bond donors (Lipinski definition) is 1. The number of anilines is 1. The maximum absolute atomic E-state index is 5.74. The van der Waals surface area contributed by atoms with Crippen LogP contribution in [0.2, 0.25) is 0 Å². The van der Waals surface area contributed by atoms with Crippen LogP contribution in [0.25, 0.3) is 10.2 Å². The van der Waals surface area contributed by atoms with Crippen molar-refractivity contribution < 1.29 is 14.2 Å². The molecule has 0 spiro atoms. The summed E-state index contributed by atoms with van der Waals surface area (Å²) in [6, 6.07) is 10.3. The molecule has 2 aliphatic rings. The van der Waals surface area contributed by atoms with Crippen molar-refractivity contribution in [2.24, 2.45) is 0 Å². The maximum Gasteiger partial charge on any atom is 0.231 e. The summed E-state index contributed by atoms with van der Waals surface area (Å²) in [4.78, 5) is 7.00. The molecule has 0 radical (unpaired) electrons. The molecule has 0 saturated heterocycles. The predicted octanol–water partition coefficient (Wildman–Crippen LogP) is 3.63. The standard InChI is InChI=1S/C19H19N3O3S/c1-22-8-7-11-9-13-16(25-10-24-13)17(23-2)15(11)18(22)21-19-20-12-5-3-4-6-14(12)26-19/h3-6,9,18H,7-8,10H2,1-2H3,(H,20,21). The van der Waals surface area contributed by atoms with Gasteiger partial charge in [-0.15, -0.1) is 0 Å². The third-order valence-corrected chi connectivity index (χ3v) is 5.92. The van der Waals surface area contributed by atoms with Crippen LogP contribution in [-0.2, 0) is 6.42 Å². The number of nitrogens with zero attached hydrogens (tertiary/aromatic N) is 2. The van der Waals surface area contributed by atoms with Crippen LogP contribution in [0.4, 0.5) is 5.13 Å². The van der Waals surface area contributed by atoms with Crippen molar-refractivity contribution in [2.75, 3.05) is 32.8 Å². The average molecular weight is 369 g/mol. The van der Waals surface area contributed by atoms with Gasteiger partial charge in [0.1, 0.15) is 6.17 Å². The first-order valence-corrected chi connectivity index (χ1v) is 9.38. The number of likely N-dealkylation sites (N-methyl/N-ethyl adjacent to an activating group) is 1. The van der Waals surface area contributed by atoms with Crippen LogP contribution in [0.5, 0.6) is 17.2 Å². The van der Waals surface area contributed by atoms with E-state index in [2.05, 4.69) is 29.4 Å². The summed E-state index contributed by atoms with van der Waals surface area (Å²) >= 11 is 1.66. The Balaban J connectivity index is 1.59. The second kappa shape index (κ2) is 6.03. The molecular formula is C19H19N3O3S. The Labute approximate surface area is 155 Å².